The van der Waals surface area contributed by atoms with E-state index in [-0.39, 0.29) is 22.3 Å². The number of nitrogens with one attached hydrogen (secondary N) is 2. The maximum atomic E-state index is 13.1. The summed E-state index contributed by atoms with van der Waals surface area (Å²) in [5.41, 5.74) is 1.81. The van der Waals surface area contributed by atoms with Crippen LogP contribution in [-0.4, -0.2) is 25.1 Å². The molecule has 1 aromatic carbocycles. The Labute approximate surface area is 141 Å². The molecule has 0 atom stereocenters. The molecule has 3 aromatic rings. The number of anilines is 2. The minimum absolute atomic E-state index is 0.00522. The molecule has 0 saturated carbocycles. The van der Waals surface area contributed by atoms with Crippen LogP contribution in [0.5, 0.6) is 0 Å². The van der Waals surface area contributed by atoms with E-state index in [1.807, 2.05) is 12.1 Å². The number of aromatic amines is 1. The van der Waals surface area contributed by atoms with Crippen LogP contribution >= 0.6 is 23.2 Å². The van der Waals surface area contributed by atoms with Crippen molar-refractivity contribution in [3.8, 4) is 0 Å². The van der Waals surface area contributed by atoms with E-state index in [9.17, 15) is 4.39 Å². The average Bonchev–Trinajstić information content (AvgIpc) is 2.92. The topological polar surface area (TPSA) is 79.4 Å². The fourth-order valence-electron chi connectivity index (χ4n) is 2.02. The molecule has 0 saturated heterocycles. The predicted molar refractivity (Wildman–Crippen MR) is 85.5 cm³/mol. The van der Waals surface area contributed by atoms with Gasteiger partial charge in [0, 0.05) is 11.8 Å². The Morgan fingerprint density at radius 2 is 1.83 bits per heavy atom. The molecule has 3 rings (SSSR count). The van der Waals surface area contributed by atoms with Gasteiger partial charge in [0.15, 0.2) is 5.82 Å². The number of aryl methyl sites for hydroxylation is 2. The molecule has 0 fully saturated rings. The number of rotatable bonds is 5. The molecule has 0 radical (unpaired) electrons. The van der Waals surface area contributed by atoms with E-state index in [4.69, 9.17) is 23.2 Å². The van der Waals surface area contributed by atoms with Gasteiger partial charge in [-0.1, -0.05) is 12.1 Å². The van der Waals surface area contributed by atoms with Crippen LogP contribution in [0.15, 0.2) is 30.3 Å². The molecular formula is C14H11Cl2FN6. The highest BCUT2D eigenvalue weighted by atomic mass is 35.5. The molecule has 0 spiro atoms. The summed E-state index contributed by atoms with van der Waals surface area (Å²) in [6.45, 7) is 0. The van der Waals surface area contributed by atoms with Crippen molar-refractivity contribution in [2.75, 3.05) is 5.32 Å². The standard InChI is InChI=1S/C14H11Cl2FN6/c15-12-19-13(16)21-14(20-12)18-11-7-10(22-23-11)5-4-8-2-1-3-9(17)6-8/h1-3,6-7H,4-5H2,(H2,18,19,20,21,22,23). The van der Waals surface area contributed by atoms with Crippen LogP contribution in [0.3, 0.4) is 0 Å². The molecule has 0 aliphatic heterocycles. The van der Waals surface area contributed by atoms with E-state index < -0.39 is 0 Å². The SMILES string of the molecule is Fc1cccc(CCc2cc(Nc3nc(Cl)nc(Cl)n3)n[nH]2)c1. The summed E-state index contributed by atoms with van der Waals surface area (Å²) in [5.74, 6) is 0.494. The molecule has 6 nitrogen and oxygen atoms in total. The molecular weight excluding hydrogens is 342 g/mol. The van der Waals surface area contributed by atoms with Crippen molar-refractivity contribution >= 4 is 35.0 Å². The van der Waals surface area contributed by atoms with E-state index in [1.54, 1.807) is 6.07 Å². The monoisotopic (exact) mass is 352 g/mol. The zero-order chi connectivity index (χ0) is 16.2. The van der Waals surface area contributed by atoms with Crippen LogP contribution in [-0.2, 0) is 12.8 Å². The van der Waals surface area contributed by atoms with Crippen LogP contribution in [0.1, 0.15) is 11.3 Å². The highest BCUT2D eigenvalue weighted by Gasteiger charge is 2.07. The molecule has 0 amide bonds. The van der Waals surface area contributed by atoms with Crippen molar-refractivity contribution in [1.29, 1.82) is 0 Å². The van der Waals surface area contributed by atoms with Gasteiger partial charge in [0.2, 0.25) is 16.5 Å². The highest BCUT2D eigenvalue weighted by molar-refractivity contribution is 6.31. The third kappa shape index (κ3) is 4.37. The summed E-state index contributed by atoms with van der Waals surface area (Å²) in [4.78, 5) is 11.4. The van der Waals surface area contributed by atoms with Crippen molar-refractivity contribution in [3.63, 3.8) is 0 Å². The van der Waals surface area contributed by atoms with E-state index in [2.05, 4.69) is 30.5 Å². The molecule has 0 aliphatic carbocycles. The molecule has 9 heteroatoms. The van der Waals surface area contributed by atoms with Gasteiger partial charge in [-0.25, -0.2) is 4.39 Å². The van der Waals surface area contributed by atoms with Crippen LogP contribution in [0.2, 0.25) is 10.6 Å². The Morgan fingerprint density at radius 1 is 1.04 bits per heavy atom. The second-order valence-corrected chi connectivity index (χ2v) is 5.41. The first-order valence-electron chi connectivity index (χ1n) is 6.71. The van der Waals surface area contributed by atoms with Gasteiger partial charge in [-0.2, -0.15) is 20.1 Å². The van der Waals surface area contributed by atoms with E-state index in [0.29, 0.717) is 18.7 Å². The Bertz CT molecular complexity index is 802. The lowest BCUT2D eigenvalue weighted by Gasteiger charge is -2.00. The van der Waals surface area contributed by atoms with Gasteiger partial charge in [-0.3, -0.25) is 5.10 Å². The normalized spacial score (nSPS) is 10.7. The van der Waals surface area contributed by atoms with Crippen LogP contribution in [0, 0.1) is 5.82 Å². The summed E-state index contributed by atoms with van der Waals surface area (Å²) < 4.78 is 13.1. The Hall–Kier alpha value is -2.25. The first-order chi connectivity index (χ1) is 11.1. The van der Waals surface area contributed by atoms with Gasteiger partial charge in [0.1, 0.15) is 5.82 Å². The number of hydrogen-bond acceptors (Lipinski definition) is 5. The van der Waals surface area contributed by atoms with Gasteiger partial charge >= 0.3 is 0 Å². The van der Waals surface area contributed by atoms with Gasteiger partial charge in [-0.15, -0.1) is 0 Å². The number of aromatic nitrogens is 5. The summed E-state index contributed by atoms with van der Waals surface area (Å²) in [7, 11) is 0. The first-order valence-corrected chi connectivity index (χ1v) is 7.47. The number of benzene rings is 1. The quantitative estimate of drug-likeness (QED) is 0.733. The van der Waals surface area contributed by atoms with E-state index >= 15 is 0 Å². The summed E-state index contributed by atoms with van der Waals surface area (Å²) in [5, 5.41) is 9.87. The minimum atomic E-state index is -0.238. The van der Waals surface area contributed by atoms with Gasteiger partial charge in [0.25, 0.3) is 0 Å². The van der Waals surface area contributed by atoms with Crippen molar-refractivity contribution < 1.29 is 4.39 Å². The molecule has 118 valence electrons. The fourth-order valence-corrected chi connectivity index (χ4v) is 2.39. The third-order valence-electron chi connectivity index (χ3n) is 3.02. The van der Waals surface area contributed by atoms with E-state index in [1.165, 1.54) is 12.1 Å². The lowest BCUT2D eigenvalue weighted by molar-refractivity contribution is 0.625. The Balaban J connectivity index is 1.63. The molecule has 2 N–H and O–H groups in total. The lowest BCUT2D eigenvalue weighted by atomic mass is 10.1. The summed E-state index contributed by atoms with van der Waals surface area (Å²) in [6.07, 6.45) is 1.39. The van der Waals surface area contributed by atoms with E-state index in [0.717, 1.165) is 11.3 Å². The number of nitrogens with zero attached hydrogens (tertiary/aromatic N) is 4. The lowest BCUT2D eigenvalue weighted by Crippen LogP contribution is -1.99. The van der Waals surface area contributed by atoms with Crippen molar-refractivity contribution in [2.45, 2.75) is 12.8 Å². The van der Waals surface area contributed by atoms with Crippen LogP contribution < -0.4 is 5.32 Å². The Kier molecular flexibility index (Phi) is 4.68. The fraction of sp³-hybridized carbons (Fsp3) is 0.143. The zero-order valence-corrected chi connectivity index (χ0v) is 13.2. The minimum Gasteiger partial charge on any atom is -0.307 e. The second-order valence-electron chi connectivity index (χ2n) is 4.73. The number of H-pyrrole nitrogens is 1. The second kappa shape index (κ2) is 6.89. The summed E-state index contributed by atoms with van der Waals surface area (Å²) >= 11 is 11.4. The smallest absolute Gasteiger partial charge is 0.234 e. The van der Waals surface area contributed by atoms with Crippen molar-refractivity contribution in [1.82, 2.24) is 25.1 Å². The maximum Gasteiger partial charge on any atom is 0.234 e. The maximum absolute atomic E-state index is 13.1. The van der Waals surface area contributed by atoms with Crippen molar-refractivity contribution in [3.05, 3.63) is 58.0 Å². The molecule has 0 bridgehead atoms. The van der Waals surface area contributed by atoms with Gasteiger partial charge in [-0.05, 0) is 53.7 Å². The Morgan fingerprint density at radius 3 is 2.57 bits per heavy atom. The van der Waals surface area contributed by atoms with Crippen LogP contribution in [0.25, 0.3) is 0 Å². The average molecular weight is 353 g/mol. The largest absolute Gasteiger partial charge is 0.307 e. The van der Waals surface area contributed by atoms with Crippen molar-refractivity contribution in [2.24, 2.45) is 0 Å². The molecule has 2 heterocycles. The first kappa shape index (κ1) is 15.6. The van der Waals surface area contributed by atoms with Gasteiger partial charge < -0.3 is 5.32 Å². The van der Waals surface area contributed by atoms with Crippen LogP contribution in [0.4, 0.5) is 16.2 Å². The molecule has 0 aliphatic rings. The zero-order valence-electron chi connectivity index (χ0n) is 11.7. The molecule has 2 aromatic heterocycles. The number of halogens is 3. The third-order valence-corrected chi connectivity index (χ3v) is 3.36. The molecule has 23 heavy (non-hydrogen) atoms. The number of hydrogen-bond donors (Lipinski definition) is 2. The summed E-state index contributed by atoms with van der Waals surface area (Å²) in [6, 6.07) is 8.33. The van der Waals surface area contributed by atoms with Gasteiger partial charge in [0.05, 0.1) is 0 Å². The predicted octanol–water partition coefficient (Wildman–Crippen LogP) is 3.57. The molecule has 0 unspecified atom stereocenters. The highest BCUT2D eigenvalue weighted by Crippen LogP contribution is 2.16.